The molecule has 0 saturated heterocycles. The van der Waals surface area contributed by atoms with E-state index in [1.54, 1.807) is 6.07 Å². The molecule has 9 nitrogen and oxygen atoms in total. The molecule has 13 heteroatoms. The van der Waals surface area contributed by atoms with Gasteiger partial charge in [-0.3, -0.25) is 0 Å². The van der Waals surface area contributed by atoms with E-state index in [2.05, 4.69) is 15.4 Å². The first-order chi connectivity index (χ1) is 16.3. The lowest BCUT2D eigenvalue weighted by molar-refractivity contribution is -0.137. The first-order valence-corrected chi connectivity index (χ1v) is 11.3. The van der Waals surface area contributed by atoms with Crippen molar-refractivity contribution in [1.82, 2.24) is 4.72 Å². The summed E-state index contributed by atoms with van der Waals surface area (Å²) < 4.78 is 65.9. The van der Waals surface area contributed by atoms with Crippen LogP contribution in [0.15, 0.2) is 71.6 Å². The SMILES string of the molecule is Nc1cc(C(F)(F)F)ccc1NC(=O)Nc1cccc(S(=O)(=O)NCc2cccc(C(=O)O)c2)c1. The second-order valence-electron chi connectivity index (χ2n) is 7.24. The maximum Gasteiger partial charge on any atom is 0.416 e. The summed E-state index contributed by atoms with van der Waals surface area (Å²) in [4.78, 5) is 23.1. The van der Waals surface area contributed by atoms with Crippen LogP contribution in [0.1, 0.15) is 21.5 Å². The molecule has 0 aliphatic heterocycles. The van der Waals surface area contributed by atoms with Crippen molar-refractivity contribution >= 4 is 39.1 Å². The maximum atomic E-state index is 12.8. The molecule has 0 aliphatic rings. The monoisotopic (exact) mass is 508 g/mol. The Kier molecular flexibility index (Phi) is 7.31. The molecule has 35 heavy (non-hydrogen) atoms. The van der Waals surface area contributed by atoms with Gasteiger partial charge in [0.05, 0.1) is 27.4 Å². The van der Waals surface area contributed by atoms with Crippen LogP contribution < -0.4 is 21.1 Å². The summed E-state index contributed by atoms with van der Waals surface area (Å²) in [6.07, 6.45) is -4.59. The number of hydrogen-bond acceptors (Lipinski definition) is 5. The molecule has 0 unspecified atom stereocenters. The summed E-state index contributed by atoms with van der Waals surface area (Å²) in [6, 6.07) is 12.6. The fourth-order valence-corrected chi connectivity index (χ4v) is 4.02. The van der Waals surface area contributed by atoms with Crippen LogP contribution in [0.25, 0.3) is 0 Å². The second-order valence-corrected chi connectivity index (χ2v) is 9.00. The Morgan fingerprint density at radius 3 is 2.31 bits per heavy atom. The number of carboxylic acid groups (broad SMARTS) is 1. The molecule has 3 rings (SSSR count). The van der Waals surface area contributed by atoms with Crippen molar-refractivity contribution in [1.29, 1.82) is 0 Å². The maximum absolute atomic E-state index is 12.8. The molecule has 0 aromatic heterocycles. The van der Waals surface area contributed by atoms with Gasteiger partial charge in [0.25, 0.3) is 0 Å². The number of benzene rings is 3. The standard InChI is InChI=1S/C22H19F3N4O5S/c23-22(24,25)15-7-8-19(18(26)10-15)29-21(32)28-16-5-2-6-17(11-16)35(33,34)27-12-13-3-1-4-14(9-13)20(30)31/h1-11,27H,12,26H2,(H,30,31)(H2,28,29,32). The lowest BCUT2D eigenvalue weighted by Gasteiger charge is -2.13. The zero-order valence-electron chi connectivity index (χ0n) is 17.8. The van der Waals surface area contributed by atoms with Crippen molar-refractivity contribution in [2.45, 2.75) is 17.6 Å². The molecule has 3 aromatic carbocycles. The van der Waals surface area contributed by atoms with Crippen LogP contribution in [-0.4, -0.2) is 25.5 Å². The highest BCUT2D eigenvalue weighted by Crippen LogP contribution is 2.32. The third kappa shape index (κ3) is 6.71. The summed E-state index contributed by atoms with van der Waals surface area (Å²) in [6.45, 7) is -0.172. The van der Waals surface area contributed by atoms with Crippen LogP contribution >= 0.6 is 0 Å². The van der Waals surface area contributed by atoms with Crippen molar-refractivity contribution in [3.8, 4) is 0 Å². The van der Waals surface area contributed by atoms with Gasteiger partial charge >= 0.3 is 18.2 Å². The molecule has 0 saturated carbocycles. The molecule has 2 amide bonds. The lowest BCUT2D eigenvalue weighted by atomic mass is 10.1. The van der Waals surface area contributed by atoms with Crippen molar-refractivity contribution < 1.29 is 36.3 Å². The Bertz CT molecular complexity index is 1380. The molecule has 184 valence electrons. The van der Waals surface area contributed by atoms with E-state index in [-0.39, 0.29) is 34.1 Å². The van der Waals surface area contributed by atoms with E-state index in [4.69, 9.17) is 10.8 Å². The van der Waals surface area contributed by atoms with Crippen LogP contribution in [0.2, 0.25) is 0 Å². The number of nitrogen functional groups attached to an aromatic ring is 1. The topological polar surface area (TPSA) is 151 Å². The summed E-state index contributed by atoms with van der Waals surface area (Å²) >= 11 is 0. The van der Waals surface area contributed by atoms with Gasteiger partial charge in [-0.05, 0) is 54.1 Å². The predicted molar refractivity (Wildman–Crippen MR) is 122 cm³/mol. The molecule has 0 atom stereocenters. The fourth-order valence-electron chi connectivity index (χ4n) is 2.95. The smallest absolute Gasteiger partial charge is 0.416 e. The number of amides is 2. The Hall–Kier alpha value is -4.10. The van der Waals surface area contributed by atoms with E-state index in [0.29, 0.717) is 11.6 Å². The minimum Gasteiger partial charge on any atom is -0.478 e. The third-order valence-electron chi connectivity index (χ3n) is 4.67. The molecule has 3 aromatic rings. The molecule has 0 spiro atoms. The number of carbonyl (C=O) groups is 2. The van der Waals surface area contributed by atoms with Gasteiger partial charge in [-0.1, -0.05) is 18.2 Å². The van der Waals surface area contributed by atoms with Gasteiger partial charge in [0.1, 0.15) is 0 Å². The molecular weight excluding hydrogens is 489 g/mol. The molecule has 0 radical (unpaired) electrons. The third-order valence-corrected chi connectivity index (χ3v) is 6.07. The average molecular weight is 508 g/mol. The summed E-state index contributed by atoms with van der Waals surface area (Å²) in [5, 5.41) is 13.7. The molecule has 0 heterocycles. The van der Waals surface area contributed by atoms with E-state index in [1.807, 2.05) is 0 Å². The number of halogens is 3. The van der Waals surface area contributed by atoms with E-state index in [0.717, 1.165) is 12.1 Å². The van der Waals surface area contributed by atoms with Crippen molar-refractivity contribution in [3.05, 3.63) is 83.4 Å². The number of nitrogens with one attached hydrogen (secondary N) is 3. The van der Waals surface area contributed by atoms with Gasteiger partial charge in [0.15, 0.2) is 0 Å². The number of urea groups is 1. The first kappa shape index (κ1) is 25.5. The number of sulfonamides is 1. The number of carboxylic acids is 1. The van der Waals surface area contributed by atoms with Gasteiger partial charge in [-0.2, -0.15) is 13.2 Å². The molecule has 0 fully saturated rings. The zero-order valence-corrected chi connectivity index (χ0v) is 18.6. The Morgan fingerprint density at radius 2 is 1.66 bits per heavy atom. The number of aromatic carboxylic acids is 1. The van der Waals surface area contributed by atoms with Crippen molar-refractivity contribution in [2.24, 2.45) is 0 Å². The molecule has 6 N–H and O–H groups in total. The van der Waals surface area contributed by atoms with E-state index >= 15 is 0 Å². The van der Waals surface area contributed by atoms with Crippen LogP contribution in [0, 0.1) is 0 Å². The van der Waals surface area contributed by atoms with Crippen molar-refractivity contribution in [2.75, 3.05) is 16.4 Å². The van der Waals surface area contributed by atoms with Gasteiger partial charge in [-0.15, -0.1) is 0 Å². The van der Waals surface area contributed by atoms with Crippen LogP contribution in [0.5, 0.6) is 0 Å². The second kappa shape index (κ2) is 10.0. The molecule has 0 aliphatic carbocycles. The Balaban J connectivity index is 1.67. The summed E-state index contributed by atoms with van der Waals surface area (Å²) in [5.41, 5.74) is 4.77. The largest absolute Gasteiger partial charge is 0.478 e. The predicted octanol–water partition coefficient (Wildman–Crippen LogP) is 4.11. The van der Waals surface area contributed by atoms with Crippen LogP contribution in [0.4, 0.5) is 35.0 Å². The zero-order chi connectivity index (χ0) is 25.8. The lowest BCUT2D eigenvalue weighted by Crippen LogP contribution is -2.24. The van der Waals surface area contributed by atoms with Gasteiger partial charge in [0.2, 0.25) is 10.0 Å². The van der Waals surface area contributed by atoms with Crippen LogP contribution in [-0.2, 0) is 22.7 Å². The van der Waals surface area contributed by atoms with Gasteiger partial charge < -0.3 is 21.5 Å². The van der Waals surface area contributed by atoms with E-state index < -0.39 is 33.8 Å². The Labute approximate surface area is 197 Å². The number of anilines is 3. The first-order valence-electron chi connectivity index (χ1n) is 9.82. The fraction of sp³-hybridized carbons (Fsp3) is 0.0909. The highest BCUT2D eigenvalue weighted by Gasteiger charge is 2.30. The van der Waals surface area contributed by atoms with Crippen molar-refractivity contribution in [3.63, 3.8) is 0 Å². The van der Waals surface area contributed by atoms with E-state index in [1.165, 1.54) is 42.5 Å². The van der Waals surface area contributed by atoms with Gasteiger partial charge in [0, 0.05) is 12.2 Å². The minimum atomic E-state index is -4.59. The Morgan fingerprint density at radius 1 is 0.943 bits per heavy atom. The minimum absolute atomic E-state index is 0.00703. The molecule has 0 bridgehead atoms. The highest BCUT2D eigenvalue weighted by molar-refractivity contribution is 7.89. The highest BCUT2D eigenvalue weighted by atomic mass is 32.2. The quantitative estimate of drug-likeness (QED) is 0.303. The number of hydrogen-bond donors (Lipinski definition) is 5. The normalized spacial score (nSPS) is 11.6. The summed E-state index contributed by atoms with van der Waals surface area (Å²) in [7, 11) is -4.03. The summed E-state index contributed by atoms with van der Waals surface area (Å²) in [5.74, 6) is -1.15. The van der Waals surface area contributed by atoms with E-state index in [9.17, 15) is 31.2 Å². The molecular formula is C22H19F3N4O5S. The number of nitrogens with two attached hydrogens (primary N) is 1. The number of carbonyl (C=O) groups excluding carboxylic acids is 1. The number of rotatable bonds is 7. The number of alkyl halides is 3. The average Bonchev–Trinajstić information content (AvgIpc) is 2.79. The van der Waals surface area contributed by atoms with Crippen LogP contribution in [0.3, 0.4) is 0 Å². The van der Waals surface area contributed by atoms with Gasteiger partial charge in [-0.25, -0.2) is 22.7 Å².